The lowest BCUT2D eigenvalue weighted by molar-refractivity contribution is 0.735. The van der Waals surface area contributed by atoms with Gasteiger partial charge in [0, 0.05) is 18.8 Å². The highest BCUT2D eigenvalue weighted by atomic mass is 35.5. The Morgan fingerprint density at radius 1 is 1.25 bits per heavy atom. The monoisotopic (exact) mass is 309 g/mol. The van der Waals surface area contributed by atoms with Gasteiger partial charge >= 0.3 is 0 Å². The molecule has 0 saturated carbocycles. The first-order valence-corrected chi connectivity index (χ1v) is 6.49. The Hall–Kier alpha value is -1.92. The van der Waals surface area contributed by atoms with E-state index in [2.05, 4.69) is 15.1 Å². The molecule has 3 heterocycles. The van der Waals surface area contributed by atoms with E-state index >= 15 is 0 Å². The molecule has 0 radical (unpaired) electrons. The summed E-state index contributed by atoms with van der Waals surface area (Å²) in [7, 11) is 1.74. The molecule has 3 rings (SSSR count). The van der Waals surface area contributed by atoms with Crippen LogP contribution in [0, 0.1) is 0 Å². The first-order valence-electron chi connectivity index (χ1n) is 5.73. The Morgan fingerprint density at radius 2 is 2.05 bits per heavy atom. The molecule has 0 aliphatic rings. The summed E-state index contributed by atoms with van der Waals surface area (Å²) >= 11 is 11.8. The summed E-state index contributed by atoms with van der Waals surface area (Å²) in [5, 5.41) is 5.26. The van der Waals surface area contributed by atoms with E-state index < -0.39 is 0 Å². The highest BCUT2D eigenvalue weighted by molar-refractivity contribution is 6.34. The molecule has 0 aliphatic carbocycles. The van der Waals surface area contributed by atoms with Crippen molar-refractivity contribution in [2.45, 2.75) is 6.54 Å². The van der Waals surface area contributed by atoms with Gasteiger partial charge in [-0.25, -0.2) is 9.97 Å². The van der Waals surface area contributed by atoms with Gasteiger partial charge in [-0.2, -0.15) is 5.10 Å². The molecule has 0 saturated heterocycles. The molecule has 3 aromatic rings. The van der Waals surface area contributed by atoms with Crippen molar-refractivity contribution in [3.8, 4) is 0 Å². The van der Waals surface area contributed by atoms with Gasteiger partial charge in [-0.15, -0.1) is 0 Å². The lowest BCUT2D eigenvalue weighted by atomic mass is 10.3. The number of halogens is 2. The zero-order chi connectivity index (χ0) is 14.3. The Kier molecular flexibility index (Phi) is 3.19. The maximum absolute atomic E-state index is 12.3. The predicted octanol–water partition coefficient (Wildman–Crippen LogP) is 1.88. The summed E-state index contributed by atoms with van der Waals surface area (Å²) in [6, 6.07) is 1.54. The largest absolute Gasteiger partial charge is 0.294 e. The van der Waals surface area contributed by atoms with Crippen LogP contribution in [-0.2, 0) is 13.6 Å². The molecule has 0 bridgehead atoms. The maximum atomic E-state index is 12.3. The van der Waals surface area contributed by atoms with Gasteiger partial charge < -0.3 is 0 Å². The van der Waals surface area contributed by atoms with Gasteiger partial charge in [-0.3, -0.25) is 14.0 Å². The van der Waals surface area contributed by atoms with E-state index in [1.165, 1.54) is 17.1 Å². The molecule has 0 N–H and O–H groups in total. The van der Waals surface area contributed by atoms with Crippen LogP contribution in [0.5, 0.6) is 0 Å². The number of aromatic nitrogens is 5. The minimum Gasteiger partial charge on any atom is -0.294 e. The van der Waals surface area contributed by atoms with Crippen molar-refractivity contribution in [3.05, 3.63) is 50.9 Å². The van der Waals surface area contributed by atoms with Crippen LogP contribution in [0.15, 0.2) is 29.6 Å². The third kappa shape index (κ3) is 2.17. The van der Waals surface area contributed by atoms with Crippen LogP contribution in [0.1, 0.15) is 5.56 Å². The van der Waals surface area contributed by atoms with E-state index in [1.807, 2.05) is 0 Å². The number of hydrogen-bond acceptors (Lipinski definition) is 4. The van der Waals surface area contributed by atoms with E-state index in [4.69, 9.17) is 23.2 Å². The fourth-order valence-corrected chi connectivity index (χ4v) is 2.34. The summed E-state index contributed by atoms with van der Waals surface area (Å²) in [6.07, 6.45) is 4.52. The van der Waals surface area contributed by atoms with Crippen LogP contribution < -0.4 is 5.56 Å². The van der Waals surface area contributed by atoms with Crippen molar-refractivity contribution in [1.29, 1.82) is 0 Å². The Bertz CT molecular complexity index is 855. The highest BCUT2D eigenvalue weighted by Crippen LogP contribution is 2.19. The van der Waals surface area contributed by atoms with Crippen molar-refractivity contribution in [2.24, 2.45) is 7.05 Å². The first kappa shape index (κ1) is 13.1. The zero-order valence-electron chi connectivity index (χ0n) is 10.4. The maximum Gasteiger partial charge on any atom is 0.264 e. The fraction of sp³-hybridized carbons (Fsp3) is 0.167. The van der Waals surface area contributed by atoms with E-state index in [0.717, 1.165) is 0 Å². The quantitative estimate of drug-likeness (QED) is 0.678. The molecule has 102 valence electrons. The van der Waals surface area contributed by atoms with Gasteiger partial charge in [0.15, 0.2) is 5.65 Å². The molecule has 0 aliphatic heterocycles. The zero-order valence-corrected chi connectivity index (χ0v) is 11.9. The molecule has 20 heavy (non-hydrogen) atoms. The number of fused-ring (bicyclic) bond motifs is 1. The molecule has 0 amide bonds. The molecular formula is C12H9Cl2N5O. The van der Waals surface area contributed by atoms with Gasteiger partial charge in [0.25, 0.3) is 5.56 Å². The summed E-state index contributed by atoms with van der Waals surface area (Å²) in [5.41, 5.74) is 1.07. The van der Waals surface area contributed by atoms with E-state index in [1.54, 1.807) is 24.0 Å². The summed E-state index contributed by atoms with van der Waals surface area (Å²) in [6.45, 7) is 0.277. The molecule has 3 aromatic heterocycles. The van der Waals surface area contributed by atoms with E-state index in [0.29, 0.717) is 26.8 Å². The molecule has 0 fully saturated rings. The van der Waals surface area contributed by atoms with Crippen LogP contribution in [0.3, 0.4) is 0 Å². The van der Waals surface area contributed by atoms with Gasteiger partial charge in [0.2, 0.25) is 0 Å². The fourth-order valence-electron chi connectivity index (χ4n) is 1.91. The van der Waals surface area contributed by atoms with Crippen LogP contribution in [-0.4, -0.2) is 24.3 Å². The molecule has 6 nitrogen and oxygen atoms in total. The van der Waals surface area contributed by atoms with Crippen molar-refractivity contribution < 1.29 is 0 Å². The van der Waals surface area contributed by atoms with Crippen LogP contribution in [0.2, 0.25) is 10.2 Å². The molecule has 0 aromatic carbocycles. The Labute approximate surface area is 123 Å². The second-order valence-electron chi connectivity index (χ2n) is 4.28. The third-order valence-electron chi connectivity index (χ3n) is 2.96. The van der Waals surface area contributed by atoms with Crippen LogP contribution in [0.4, 0.5) is 0 Å². The Balaban J connectivity index is 2.07. The number of aryl methyl sites for hydroxylation is 1. The van der Waals surface area contributed by atoms with Crippen molar-refractivity contribution in [1.82, 2.24) is 24.3 Å². The second kappa shape index (κ2) is 4.88. The highest BCUT2D eigenvalue weighted by Gasteiger charge is 2.10. The van der Waals surface area contributed by atoms with Crippen molar-refractivity contribution in [2.75, 3.05) is 0 Å². The Morgan fingerprint density at radius 3 is 2.80 bits per heavy atom. The standard InChI is InChI=1S/C12H9Cl2N5O/c1-18-11-8(4-17-18)12(20)19(6-16-11)5-7-3-15-10(14)2-9(7)13/h2-4,6H,5H2,1H3. The third-order valence-corrected chi connectivity index (χ3v) is 3.51. The lowest BCUT2D eigenvalue weighted by Crippen LogP contribution is -2.21. The predicted molar refractivity (Wildman–Crippen MR) is 76.1 cm³/mol. The van der Waals surface area contributed by atoms with E-state index in [-0.39, 0.29) is 12.1 Å². The number of rotatable bonds is 2. The molecule has 0 unspecified atom stereocenters. The molecule has 0 spiro atoms. The number of nitrogens with zero attached hydrogens (tertiary/aromatic N) is 5. The minimum absolute atomic E-state index is 0.172. The normalized spacial score (nSPS) is 11.2. The average molecular weight is 310 g/mol. The van der Waals surface area contributed by atoms with Crippen molar-refractivity contribution in [3.63, 3.8) is 0 Å². The van der Waals surface area contributed by atoms with Gasteiger partial charge in [0.1, 0.15) is 16.9 Å². The minimum atomic E-state index is -0.172. The van der Waals surface area contributed by atoms with Crippen LogP contribution >= 0.6 is 23.2 Å². The van der Waals surface area contributed by atoms with Crippen molar-refractivity contribution >= 4 is 34.2 Å². The average Bonchev–Trinajstić information content (AvgIpc) is 2.78. The molecular weight excluding hydrogens is 301 g/mol. The van der Waals surface area contributed by atoms with Crippen LogP contribution in [0.25, 0.3) is 11.0 Å². The molecule has 8 heteroatoms. The SMILES string of the molecule is Cn1ncc2c(=O)n(Cc3cnc(Cl)cc3Cl)cnc21. The lowest BCUT2D eigenvalue weighted by Gasteiger charge is -2.07. The summed E-state index contributed by atoms with van der Waals surface area (Å²) in [5.74, 6) is 0. The van der Waals surface area contributed by atoms with E-state index in [9.17, 15) is 4.79 Å². The summed E-state index contributed by atoms with van der Waals surface area (Å²) in [4.78, 5) is 20.5. The molecule has 0 atom stereocenters. The van der Waals surface area contributed by atoms with Gasteiger partial charge in [-0.05, 0) is 6.07 Å². The topological polar surface area (TPSA) is 65.6 Å². The number of pyridine rings is 1. The first-order chi connectivity index (χ1) is 9.56. The second-order valence-corrected chi connectivity index (χ2v) is 5.08. The van der Waals surface area contributed by atoms with Gasteiger partial charge in [-0.1, -0.05) is 23.2 Å². The smallest absolute Gasteiger partial charge is 0.264 e. The number of hydrogen-bond donors (Lipinski definition) is 0. The van der Waals surface area contributed by atoms with Gasteiger partial charge in [0.05, 0.1) is 17.8 Å². The summed E-state index contributed by atoms with van der Waals surface area (Å²) < 4.78 is 3.01.